The SMILES string of the molecule is O=C(OCc1cc(=O)oc2ccc3ccccc3c12)c1c2c(nc3ccccc13)/C(=C\c1ccco1)CCC2. The van der Waals surface area contributed by atoms with E-state index in [-0.39, 0.29) is 6.61 Å². The summed E-state index contributed by atoms with van der Waals surface area (Å²) in [5.41, 5.74) is 4.56. The van der Waals surface area contributed by atoms with Crippen molar-refractivity contribution >= 4 is 50.3 Å². The molecule has 190 valence electrons. The summed E-state index contributed by atoms with van der Waals surface area (Å²) in [4.78, 5) is 31.1. The number of rotatable bonds is 4. The second-order valence-electron chi connectivity index (χ2n) is 9.70. The molecule has 3 aromatic carbocycles. The third-order valence-electron chi connectivity index (χ3n) is 7.31. The maximum atomic E-state index is 13.8. The standard InChI is InChI=1S/C33H23NO5/c35-29-18-22(30-24-10-2-1-7-20(24)14-15-28(30)39-29)19-38-33(36)31-25-11-3-4-13-27(25)34-32-21(8-5-12-26(31)32)17-23-9-6-16-37-23/h1-4,6-7,9-11,13-18H,5,8,12,19H2/b21-17-. The van der Waals surface area contributed by atoms with Gasteiger partial charge in [0.25, 0.3) is 0 Å². The van der Waals surface area contributed by atoms with Crippen LogP contribution in [-0.2, 0) is 17.8 Å². The van der Waals surface area contributed by atoms with Gasteiger partial charge in [0.05, 0.1) is 23.0 Å². The summed E-state index contributed by atoms with van der Waals surface area (Å²) in [5.74, 6) is 0.310. The number of furan rings is 1. The van der Waals surface area contributed by atoms with Gasteiger partial charge in [-0.1, -0.05) is 48.5 Å². The normalized spacial score (nSPS) is 14.2. The largest absolute Gasteiger partial charge is 0.465 e. The average Bonchev–Trinajstić information content (AvgIpc) is 3.47. The van der Waals surface area contributed by atoms with Gasteiger partial charge in [0.1, 0.15) is 18.0 Å². The van der Waals surface area contributed by atoms with E-state index in [2.05, 4.69) is 0 Å². The smallest absolute Gasteiger partial charge is 0.339 e. The van der Waals surface area contributed by atoms with Gasteiger partial charge in [0.15, 0.2) is 0 Å². The maximum Gasteiger partial charge on any atom is 0.339 e. The zero-order valence-electron chi connectivity index (χ0n) is 21.0. The van der Waals surface area contributed by atoms with Crippen LogP contribution >= 0.6 is 0 Å². The number of esters is 1. The number of fused-ring (bicyclic) bond motifs is 5. The Morgan fingerprint density at radius 3 is 2.67 bits per heavy atom. The molecule has 6 heteroatoms. The van der Waals surface area contributed by atoms with E-state index in [0.29, 0.717) is 16.7 Å². The topological polar surface area (TPSA) is 82.5 Å². The molecule has 0 spiro atoms. The molecule has 1 aliphatic carbocycles. The van der Waals surface area contributed by atoms with Crippen LogP contribution in [0.5, 0.6) is 0 Å². The summed E-state index contributed by atoms with van der Waals surface area (Å²) in [5, 5.41) is 3.47. The highest BCUT2D eigenvalue weighted by Gasteiger charge is 2.26. The van der Waals surface area contributed by atoms with Gasteiger partial charge >= 0.3 is 11.6 Å². The third kappa shape index (κ3) is 4.10. The maximum absolute atomic E-state index is 13.8. The summed E-state index contributed by atoms with van der Waals surface area (Å²) < 4.78 is 17.0. The van der Waals surface area contributed by atoms with Crippen molar-refractivity contribution < 1.29 is 18.4 Å². The van der Waals surface area contributed by atoms with Crippen molar-refractivity contribution in [3.8, 4) is 0 Å². The molecule has 7 rings (SSSR count). The van der Waals surface area contributed by atoms with Crippen LogP contribution < -0.4 is 5.63 Å². The van der Waals surface area contributed by atoms with Gasteiger partial charge in [-0.15, -0.1) is 0 Å². The van der Waals surface area contributed by atoms with Crippen molar-refractivity contribution in [1.29, 1.82) is 0 Å². The summed E-state index contributed by atoms with van der Waals surface area (Å²) in [6, 6.07) is 24.4. The molecule has 6 nitrogen and oxygen atoms in total. The number of para-hydroxylation sites is 1. The Morgan fingerprint density at radius 2 is 1.79 bits per heavy atom. The molecule has 6 aromatic rings. The van der Waals surface area contributed by atoms with Crippen LogP contribution in [0, 0.1) is 0 Å². The van der Waals surface area contributed by atoms with E-state index in [1.54, 1.807) is 12.3 Å². The predicted octanol–water partition coefficient (Wildman–Crippen LogP) is 7.32. The Morgan fingerprint density at radius 1 is 0.949 bits per heavy atom. The summed E-state index contributed by atoms with van der Waals surface area (Å²) in [7, 11) is 0. The van der Waals surface area contributed by atoms with Crippen molar-refractivity contribution in [2.24, 2.45) is 0 Å². The highest BCUT2D eigenvalue weighted by molar-refractivity contribution is 6.08. The van der Waals surface area contributed by atoms with Crippen LogP contribution in [0.2, 0.25) is 0 Å². The number of allylic oxidation sites excluding steroid dienone is 1. The lowest BCUT2D eigenvalue weighted by Gasteiger charge is -2.22. The van der Waals surface area contributed by atoms with Crippen LogP contribution in [0.1, 0.15) is 45.8 Å². The summed E-state index contributed by atoms with van der Waals surface area (Å²) >= 11 is 0. The van der Waals surface area contributed by atoms with Gasteiger partial charge < -0.3 is 13.6 Å². The fourth-order valence-electron chi connectivity index (χ4n) is 5.60. The van der Waals surface area contributed by atoms with Crippen LogP contribution in [0.3, 0.4) is 0 Å². The van der Waals surface area contributed by atoms with Gasteiger partial charge in [-0.2, -0.15) is 0 Å². The number of hydrogen-bond donors (Lipinski definition) is 0. The number of pyridine rings is 1. The van der Waals surface area contributed by atoms with Crippen LogP contribution in [0.4, 0.5) is 0 Å². The molecule has 3 heterocycles. The van der Waals surface area contributed by atoms with Gasteiger partial charge in [-0.3, -0.25) is 0 Å². The van der Waals surface area contributed by atoms with Crippen LogP contribution in [0.25, 0.3) is 44.3 Å². The Bertz CT molecular complexity index is 1980. The van der Waals surface area contributed by atoms with Gasteiger partial charge in [-0.05, 0) is 71.5 Å². The van der Waals surface area contributed by atoms with Crippen molar-refractivity contribution in [2.45, 2.75) is 25.9 Å². The minimum atomic E-state index is -0.483. The zero-order valence-corrected chi connectivity index (χ0v) is 21.0. The number of aromatic nitrogens is 1. The monoisotopic (exact) mass is 513 g/mol. The molecule has 39 heavy (non-hydrogen) atoms. The molecule has 0 radical (unpaired) electrons. The molecular weight excluding hydrogens is 490 g/mol. The Balaban J connectivity index is 1.32. The van der Waals surface area contributed by atoms with Crippen molar-refractivity contribution in [2.75, 3.05) is 0 Å². The molecule has 0 N–H and O–H groups in total. The van der Waals surface area contributed by atoms with Crippen LogP contribution in [0.15, 0.2) is 98.8 Å². The van der Waals surface area contributed by atoms with Crippen LogP contribution in [-0.4, -0.2) is 11.0 Å². The zero-order chi connectivity index (χ0) is 26.3. The molecule has 0 atom stereocenters. The first-order valence-electron chi connectivity index (χ1n) is 12.9. The average molecular weight is 514 g/mol. The van der Waals surface area contributed by atoms with Gasteiger partial charge in [-0.25, -0.2) is 14.6 Å². The van der Waals surface area contributed by atoms with E-state index >= 15 is 0 Å². The number of ether oxygens (including phenoxy) is 1. The number of carbonyl (C=O) groups excluding carboxylic acids is 1. The lowest BCUT2D eigenvalue weighted by atomic mass is 9.86. The molecular formula is C33H23NO5. The number of nitrogens with zero attached hydrogens (tertiary/aromatic N) is 1. The Labute approximate surface area is 223 Å². The number of hydrogen-bond acceptors (Lipinski definition) is 6. The summed E-state index contributed by atoms with van der Waals surface area (Å²) in [6.07, 6.45) is 6.08. The Hall–Kier alpha value is -4.97. The number of benzene rings is 3. The van der Waals surface area contributed by atoms with Crippen molar-refractivity contribution in [1.82, 2.24) is 4.98 Å². The van der Waals surface area contributed by atoms with E-state index in [1.807, 2.05) is 72.8 Å². The molecule has 1 aliphatic rings. The third-order valence-corrected chi connectivity index (χ3v) is 7.31. The second-order valence-corrected chi connectivity index (χ2v) is 9.70. The molecule has 0 aliphatic heterocycles. The highest BCUT2D eigenvalue weighted by atomic mass is 16.5. The van der Waals surface area contributed by atoms with E-state index in [0.717, 1.165) is 68.9 Å². The Kier molecular flexibility index (Phi) is 5.59. The van der Waals surface area contributed by atoms with Gasteiger partial charge in [0.2, 0.25) is 0 Å². The minimum absolute atomic E-state index is 0.0601. The fourth-order valence-corrected chi connectivity index (χ4v) is 5.60. The molecule has 0 saturated heterocycles. The van der Waals surface area contributed by atoms with E-state index < -0.39 is 11.6 Å². The highest BCUT2D eigenvalue weighted by Crippen LogP contribution is 2.37. The molecule has 0 fully saturated rings. The van der Waals surface area contributed by atoms with Crippen molar-refractivity contribution in [3.63, 3.8) is 0 Å². The first-order chi connectivity index (χ1) is 19.2. The second kappa shape index (κ2) is 9.40. The molecule has 0 bridgehead atoms. The first-order valence-corrected chi connectivity index (χ1v) is 12.9. The quantitative estimate of drug-likeness (QED) is 0.140. The fraction of sp³-hybridized carbons (Fsp3) is 0.121. The molecule has 0 unspecified atom stereocenters. The lowest BCUT2D eigenvalue weighted by molar-refractivity contribution is 0.0474. The first kappa shape index (κ1) is 23.2. The number of carbonyl (C=O) groups is 1. The molecule has 0 saturated carbocycles. The molecule has 3 aromatic heterocycles. The minimum Gasteiger partial charge on any atom is -0.465 e. The summed E-state index contributed by atoms with van der Waals surface area (Å²) in [6.45, 7) is -0.0601. The van der Waals surface area contributed by atoms with Crippen molar-refractivity contribution in [3.05, 3.63) is 124 Å². The van der Waals surface area contributed by atoms with Gasteiger partial charge in [0, 0.05) is 22.4 Å². The predicted molar refractivity (Wildman–Crippen MR) is 150 cm³/mol. The van der Waals surface area contributed by atoms with E-state index in [1.165, 1.54) is 6.07 Å². The van der Waals surface area contributed by atoms with E-state index in [4.69, 9.17) is 18.6 Å². The lowest BCUT2D eigenvalue weighted by Crippen LogP contribution is -2.16. The molecule has 0 amide bonds. The van der Waals surface area contributed by atoms with E-state index in [9.17, 15) is 9.59 Å².